The van der Waals surface area contributed by atoms with Gasteiger partial charge in [-0.2, -0.15) is 0 Å². The van der Waals surface area contributed by atoms with E-state index < -0.39 is 0 Å². The van der Waals surface area contributed by atoms with Gasteiger partial charge in [0.2, 0.25) is 5.71 Å². The number of nitrogens with zero attached hydrogens (tertiary/aromatic N) is 6. The molecule has 0 unspecified atom stereocenters. The molecule has 1 aromatic carbocycles. The van der Waals surface area contributed by atoms with Crippen molar-refractivity contribution < 1.29 is 23.5 Å². The molecule has 43 heavy (non-hydrogen) atoms. The Morgan fingerprint density at radius 1 is 0.581 bits per heavy atom. The van der Waals surface area contributed by atoms with Crippen molar-refractivity contribution in [2.75, 3.05) is 142 Å². The third kappa shape index (κ3) is 11.2. The quantitative estimate of drug-likeness (QED) is 0.237. The molecule has 0 aromatic heterocycles. The van der Waals surface area contributed by atoms with Crippen LogP contribution >= 0.6 is 0 Å². The van der Waals surface area contributed by atoms with Crippen molar-refractivity contribution in [3.05, 3.63) is 46.9 Å². The summed E-state index contributed by atoms with van der Waals surface area (Å²) in [5.41, 5.74) is 3.77. The van der Waals surface area contributed by atoms with Gasteiger partial charge in [-0.15, -0.1) is 0 Å². The number of likely N-dealkylation sites (N-methyl/N-ethyl adjacent to an activating group) is 4. The minimum atomic E-state index is 0.723. The van der Waals surface area contributed by atoms with Crippen LogP contribution in [0.25, 0.3) is 6.08 Å². The zero-order valence-electron chi connectivity index (χ0n) is 28.9. The predicted octanol–water partition coefficient (Wildman–Crippen LogP) is 2.67. The summed E-state index contributed by atoms with van der Waals surface area (Å²) in [4.78, 5) is 11.2. The topological polar surface area (TPSA) is 56.1 Å². The van der Waals surface area contributed by atoms with E-state index in [1.165, 1.54) is 0 Å². The van der Waals surface area contributed by atoms with Gasteiger partial charge in [0.05, 0.1) is 64.8 Å². The maximum absolute atomic E-state index is 5.96. The van der Waals surface area contributed by atoms with Crippen molar-refractivity contribution in [3.63, 3.8) is 0 Å². The summed E-state index contributed by atoms with van der Waals surface area (Å²) in [6.45, 7) is 7.29. The molecule has 1 aromatic rings. The van der Waals surface area contributed by atoms with Crippen molar-refractivity contribution in [1.29, 1.82) is 0 Å². The van der Waals surface area contributed by atoms with Crippen LogP contribution in [0.2, 0.25) is 0 Å². The summed E-state index contributed by atoms with van der Waals surface area (Å²) in [7, 11) is 23.6. The van der Waals surface area contributed by atoms with E-state index in [2.05, 4.69) is 110 Å². The molecule has 0 heterocycles. The Hall–Kier alpha value is -3.05. The number of hydrogen-bond acceptors (Lipinski definition) is 9. The maximum Gasteiger partial charge on any atom is 0.207 e. The molecule has 0 radical (unpaired) electrons. The van der Waals surface area contributed by atoms with Crippen LogP contribution in [-0.4, -0.2) is 167 Å². The standard InChI is InChI=1S/C33H57N6O4/c1-34(2)13-17-38(18-14-35(3)4)26-21-30(40-9)28(31(22-26)41-10)25-29-32(42-11)23-27(24-33(29)43-12)39(19-15-36(5)6)20-16-37(7)8/h21-25H,13-20H2,1-12H3/q+1. The Morgan fingerprint density at radius 3 is 1.35 bits per heavy atom. The van der Waals surface area contributed by atoms with Gasteiger partial charge in [0.15, 0.2) is 13.1 Å². The van der Waals surface area contributed by atoms with Crippen molar-refractivity contribution in [2.45, 2.75) is 0 Å². The van der Waals surface area contributed by atoms with Gasteiger partial charge in [0.1, 0.15) is 23.0 Å². The van der Waals surface area contributed by atoms with Gasteiger partial charge in [-0.25, -0.2) is 4.58 Å². The first-order valence-corrected chi connectivity index (χ1v) is 14.9. The molecule has 0 fully saturated rings. The van der Waals surface area contributed by atoms with Crippen LogP contribution in [-0.2, 0) is 9.47 Å². The van der Waals surface area contributed by atoms with Crippen molar-refractivity contribution in [1.82, 2.24) is 19.6 Å². The van der Waals surface area contributed by atoms with Crippen LogP contribution in [0.15, 0.2) is 41.4 Å². The Balaban J connectivity index is 2.64. The van der Waals surface area contributed by atoms with Crippen molar-refractivity contribution in [3.8, 4) is 11.5 Å². The lowest BCUT2D eigenvalue weighted by molar-refractivity contribution is -0.526. The number of hydrogen-bond donors (Lipinski definition) is 0. The third-order valence-electron chi connectivity index (χ3n) is 7.34. The number of rotatable bonds is 18. The van der Waals surface area contributed by atoms with Crippen LogP contribution in [0.5, 0.6) is 11.5 Å². The summed E-state index contributed by atoms with van der Waals surface area (Å²) in [6, 6.07) is 4.19. The van der Waals surface area contributed by atoms with E-state index in [1.54, 1.807) is 28.4 Å². The fraction of sp³-hybridized carbons (Fsp3) is 0.606. The molecule has 10 nitrogen and oxygen atoms in total. The fourth-order valence-corrected chi connectivity index (χ4v) is 4.67. The maximum atomic E-state index is 5.96. The van der Waals surface area contributed by atoms with Gasteiger partial charge in [-0.1, -0.05) is 0 Å². The van der Waals surface area contributed by atoms with Crippen LogP contribution in [0.3, 0.4) is 0 Å². The number of ether oxygens (including phenoxy) is 4. The summed E-state index contributed by atoms with van der Waals surface area (Å²) in [6.07, 6.45) is 6.23. The molecular formula is C33H57N6O4+. The van der Waals surface area contributed by atoms with Gasteiger partial charge in [-0.3, -0.25) is 0 Å². The highest BCUT2D eigenvalue weighted by Crippen LogP contribution is 2.39. The Bertz CT molecular complexity index is 1080. The molecule has 1 aliphatic carbocycles. The first kappa shape index (κ1) is 36.1. The summed E-state index contributed by atoms with van der Waals surface area (Å²) >= 11 is 0. The zero-order chi connectivity index (χ0) is 32.1. The molecular weight excluding hydrogens is 544 g/mol. The van der Waals surface area contributed by atoms with E-state index in [0.29, 0.717) is 0 Å². The second kappa shape index (κ2) is 17.9. The second-order valence-electron chi connectivity index (χ2n) is 11.9. The molecule has 0 bridgehead atoms. The molecule has 0 aliphatic heterocycles. The highest BCUT2D eigenvalue weighted by atomic mass is 16.5. The average Bonchev–Trinajstić information content (AvgIpc) is 2.96. The molecule has 242 valence electrons. The molecule has 0 spiro atoms. The average molecular weight is 602 g/mol. The number of methoxy groups -OCH3 is 4. The highest BCUT2D eigenvalue weighted by Gasteiger charge is 2.26. The number of benzene rings is 1. The van der Waals surface area contributed by atoms with E-state index >= 15 is 0 Å². The highest BCUT2D eigenvalue weighted by molar-refractivity contribution is 6.04. The third-order valence-corrected chi connectivity index (χ3v) is 7.34. The summed E-state index contributed by atoms with van der Waals surface area (Å²) in [5.74, 6) is 2.89. The molecule has 10 heteroatoms. The zero-order valence-corrected chi connectivity index (χ0v) is 28.9. The van der Waals surface area contributed by atoms with Crippen LogP contribution in [0, 0.1) is 0 Å². The Labute approximate surface area is 261 Å². The Kier molecular flexibility index (Phi) is 15.1. The molecule has 0 saturated carbocycles. The first-order valence-electron chi connectivity index (χ1n) is 14.9. The van der Waals surface area contributed by atoms with E-state index in [-0.39, 0.29) is 0 Å². The Morgan fingerprint density at radius 2 is 1.00 bits per heavy atom. The minimum absolute atomic E-state index is 0.723. The lowest BCUT2D eigenvalue weighted by atomic mass is 9.99. The smallest absolute Gasteiger partial charge is 0.207 e. The van der Waals surface area contributed by atoms with Gasteiger partial charge in [0.25, 0.3) is 0 Å². The van der Waals surface area contributed by atoms with Crippen LogP contribution < -0.4 is 14.4 Å². The SMILES string of the molecule is COC1=CC(=[N+](CCN(C)C)CCN(C)C)C=C(OC)C1=Cc1c(OC)cc(N(CCN(C)C)CCN(C)C)cc1OC. The molecule has 0 atom stereocenters. The van der Waals surface area contributed by atoms with Gasteiger partial charge in [0, 0.05) is 44.0 Å². The minimum Gasteiger partial charge on any atom is -0.496 e. The first-order chi connectivity index (χ1) is 20.4. The van der Waals surface area contributed by atoms with Gasteiger partial charge in [-0.05, 0) is 62.5 Å². The molecule has 2 rings (SSSR count). The van der Waals surface area contributed by atoms with Gasteiger partial charge >= 0.3 is 0 Å². The van der Waals surface area contributed by atoms with Crippen molar-refractivity contribution >= 4 is 17.5 Å². The van der Waals surface area contributed by atoms with Gasteiger partial charge < -0.3 is 43.4 Å². The molecule has 0 saturated heterocycles. The molecule has 0 amide bonds. The largest absolute Gasteiger partial charge is 0.496 e. The van der Waals surface area contributed by atoms with E-state index in [9.17, 15) is 0 Å². The number of anilines is 1. The van der Waals surface area contributed by atoms with Crippen LogP contribution in [0.1, 0.15) is 5.56 Å². The normalized spacial score (nSPS) is 13.5. The van der Waals surface area contributed by atoms with E-state index in [1.807, 2.05) is 6.08 Å². The van der Waals surface area contributed by atoms with E-state index in [4.69, 9.17) is 18.9 Å². The second-order valence-corrected chi connectivity index (χ2v) is 11.9. The summed E-state index contributed by atoms with van der Waals surface area (Å²) < 4.78 is 26.2. The number of allylic oxidation sites excluding steroid dienone is 2. The monoisotopic (exact) mass is 601 g/mol. The van der Waals surface area contributed by atoms with Crippen LogP contribution in [0.4, 0.5) is 5.69 Å². The predicted molar refractivity (Wildman–Crippen MR) is 179 cm³/mol. The summed E-state index contributed by atoms with van der Waals surface area (Å²) in [5, 5.41) is 0. The van der Waals surface area contributed by atoms with E-state index in [0.717, 1.165) is 97.9 Å². The lowest BCUT2D eigenvalue weighted by Crippen LogP contribution is -2.36. The van der Waals surface area contributed by atoms with Crippen molar-refractivity contribution in [2.24, 2.45) is 0 Å². The molecule has 1 aliphatic rings. The molecule has 0 N–H and O–H groups in total. The lowest BCUT2D eigenvalue weighted by Gasteiger charge is -2.29. The fourth-order valence-electron chi connectivity index (χ4n) is 4.67.